The van der Waals surface area contributed by atoms with Crippen molar-refractivity contribution in [1.82, 2.24) is 5.32 Å². The Morgan fingerprint density at radius 3 is 1.74 bits per heavy atom. The second-order valence-corrected chi connectivity index (χ2v) is 6.23. The van der Waals surface area contributed by atoms with E-state index in [0.717, 1.165) is 17.5 Å². The van der Waals surface area contributed by atoms with E-state index in [1.54, 1.807) is 12.1 Å². The lowest BCUT2D eigenvalue weighted by Crippen LogP contribution is -2.38. The van der Waals surface area contributed by atoms with Crippen molar-refractivity contribution < 1.29 is 9.59 Å². The molecule has 0 heterocycles. The number of hydrogen-bond donors (Lipinski definition) is 2. The largest absolute Gasteiger partial charge is 0.337 e. The maximum absolute atomic E-state index is 12.5. The molecule has 2 amide bonds. The zero-order valence-corrected chi connectivity index (χ0v) is 15.2. The van der Waals surface area contributed by atoms with Crippen LogP contribution < -0.4 is 10.6 Å². The predicted molar refractivity (Wildman–Crippen MR) is 107 cm³/mol. The van der Waals surface area contributed by atoms with Crippen LogP contribution in [-0.2, 0) is 16.0 Å². The third kappa shape index (κ3) is 4.82. The number of carbonyl (C=O) groups is 2. The third-order valence-corrected chi connectivity index (χ3v) is 4.37. The van der Waals surface area contributed by atoms with E-state index < -0.39 is 17.9 Å². The SMILES string of the molecule is CCc1ccc(NC(=O)C(=O)NC(c2ccccc2)c2ccccc2)cc1. The van der Waals surface area contributed by atoms with Gasteiger partial charge in [-0.05, 0) is 35.2 Å². The highest BCUT2D eigenvalue weighted by atomic mass is 16.2. The van der Waals surface area contributed by atoms with Crippen molar-refractivity contribution in [3.63, 3.8) is 0 Å². The summed E-state index contributed by atoms with van der Waals surface area (Å²) in [4.78, 5) is 24.8. The van der Waals surface area contributed by atoms with E-state index in [-0.39, 0.29) is 0 Å². The van der Waals surface area contributed by atoms with Crippen LogP contribution in [0.3, 0.4) is 0 Å². The van der Waals surface area contributed by atoms with Gasteiger partial charge in [0.25, 0.3) is 0 Å². The molecule has 4 nitrogen and oxygen atoms in total. The Morgan fingerprint density at radius 2 is 1.26 bits per heavy atom. The monoisotopic (exact) mass is 358 g/mol. The molecule has 3 rings (SSSR count). The van der Waals surface area contributed by atoms with Gasteiger partial charge in [0.05, 0.1) is 6.04 Å². The van der Waals surface area contributed by atoms with Crippen LogP contribution in [0.25, 0.3) is 0 Å². The number of nitrogens with one attached hydrogen (secondary N) is 2. The van der Waals surface area contributed by atoms with Crippen molar-refractivity contribution in [2.45, 2.75) is 19.4 Å². The fourth-order valence-electron chi connectivity index (χ4n) is 2.86. The molecule has 136 valence electrons. The van der Waals surface area contributed by atoms with Gasteiger partial charge in [0, 0.05) is 5.69 Å². The van der Waals surface area contributed by atoms with E-state index in [4.69, 9.17) is 0 Å². The van der Waals surface area contributed by atoms with Crippen LogP contribution in [0.2, 0.25) is 0 Å². The summed E-state index contributed by atoms with van der Waals surface area (Å²) in [6.07, 6.45) is 0.921. The Labute approximate surface area is 159 Å². The van der Waals surface area contributed by atoms with Crippen LogP contribution in [0.4, 0.5) is 5.69 Å². The molecule has 2 N–H and O–H groups in total. The average molecular weight is 358 g/mol. The summed E-state index contributed by atoms with van der Waals surface area (Å²) in [5, 5.41) is 5.49. The summed E-state index contributed by atoms with van der Waals surface area (Å²) in [5.74, 6) is -1.36. The summed E-state index contributed by atoms with van der Waals surface area (Å²) in [6, 6.07) is 26.3. The van der Waals surface area contributed by atoms with Gasteiger partial charge >= 0.3 is 11.8 Å². The molecule has 0 aliphatic heterocycles. The molecule has 0 aliphatic carbocycles. The summed E-state index contributed by atoms with van der Waals surface area (Å²) >= 11 is 0. The second kappa shape index (κ2) is 8.81. The highest BCUT2D eigenvalue weighted by Crippen LogP contribution is 2.21. The molecule has 27 heavy (non-hydrogen) atoms. The van der Waals surface area contributed by atoms with E-state index in [1.165, 1.54) is 5.56 Å². The Morgan fingerprint density at radius 1 is 0.741 bits per heavy atom. The van der Waals surface area contributed by atoms with Crippen LogP contribution >= 0.6 is 0 Å². The first-order chi connectivity index (χ1) is 13.2. The molecule has 0 atom stereocenters. The molecular formula is C23H22N2O2. The first kappa shape index (κ1) is 18.4. The van der Waals surface area contributed by atoms with Gasteiger partial charge in [-0.3, -0.25) is 9.59 Å². The maximum atomic E-state index is 12.5. The molecule has 0 aromatic heterocycles. The molecular weight excluding hydrogens is 336 g/mol. The van der Waals surface area contributed by atoms with Gasteiger partial charge in [-0.25, -0.2) is 0 Å². The zero-order chi connectivity index (χ0) is 19.1. The zero-order valence-electron chi connectivity index (χ0n) is 15.2. The van der Waals surface area contributed by atoms with E-state index in [2.05, 4.69) is 17.6 Å². The number of carbonyl (C=O) groups excluding carboxylic acids is 2. The fourth-order valence-corrected chi connectivity index (χ4v) is 2.86. The molecule has 0 spiro atoms. The first-order valence-electron chi connectivity index (χ1n) is 8.98. The number of rotatable bonds is 5. The van der Waals surface area contributed by atoms with E-state index in [0.29, 0.717) is 5.69 Å². The van der Waals surface area contributed by atoms with Crippen molar-refractivity contribution in [2.75, 3.05) is 5.32 Å². The van der Waals surface area contributed by atoms with Crippen molar-refractivity contribution in [3.8, 4) is 0 Å². The van der Waals surface area contributed by atoms with Crippen molar-refractivity contribution >= 4 is 17.5 Å². The van der Waals surface area contributed by atoms with Crippen LogP contribution in [0, 0.1) is 0 Å². The fraction of sp³-hybridized carbons (Fsp3) is 0.130. The summed E-state index contributed by atoms with van der Waals surface area (Å²) in [7, 11) is 0. The van der Waals surface area contributed by atoms with Crippen molar-refractivity contribution in [1.29, 1.82) is 0 Å². The molecule has 4 heteroatoms. The van der Waals surface area contributed by atoms with Crippen LogP contribution in [-0.4, -0.2) is 11.8 Å². The number of hydrogen-bond acceptors (Lipinski definition) is 2. The molecule has 0 unspecified atom stereocenters. The molecule has 0 fully saturated rings. The summed E-state index contributed by atoms with van der Waals surface area (Å²) in [6.45, 7) is 2.06. The quantitative estimate of drug-likeness (QED) is 0.675. The van der Waals surface area contributed by atoms with Crippen molar-refractivity contribution in [2.24, 2.45) is 0 Å². The molecule has 3 aromatic carbocycles. The molecule has 0 saturated carbocycles. The van der Waals surface area contributed by atoms with Crippen LogP contribution in [0.1, 0.15) is 29.7 Å². The smallest absolute Gasteiger partial charge is 0.313 e. The lowest BCUT2D eigenvalue weighted by Gasteiger charge is -2.19. The van der Waals surface area contributed by atoms with Crippen LogP contribution in [0.15, 0.2) is 84.9 Å². The Hall–Kier alpha value is -3.40. The van der Waals surface area contributed by atoms with Crippen molar-refractivity contribution in [3.05, 3.63) is 102 Å². The lowest BCUT2D eigenvalue weighted by atomic mass is 9.99. The number of benzene rings is 3. The van der Waals surface area contributed by atoms with Gasteiger partial charge < -0.3 is 10.6 Å². The normalized spacial score (nSPS) is 10.4. The Balaban J connectivity index is 1.74. The topological polar surface area (TPSA) is 58.2 Å². The molecule has 0 aliphatic rings. The molecule has 0 saturated heterocycles. The number of amides is 2. The Kier molecular flexibility index (Phi) is 6.00. The highest BCUT2D eigenvalue weighted by Gasteiger charge is 2.21. The van der Waals surface area contributed by atoms with Gasteiger partial charge in [-0.15, -0.1) is 0 Å². The molecule has 0 bridgehead atoms. The molecule has 3 aromatic rings. The molecule has 0 radical (unpaired) electrons. The predicted octanol–water partition coefficient (Wildman–Crippen LogP) is 4.09. The minimum Gasteiger partial charge on any atom is -0.337 e. The third-order valence-electron chi connectivity index (χ3n) is 4.37. The van der Waals surface area contributed by atoms with Gasteiger partial charge in [-0.2, -0.15) is 0 Å². The highest BCUT2D eigenvalue weighted by molar-refractivity contribution is 6.39. The average Bonchev–Trinajstić information content (AvgIpc) is 2.73. The first-order valence-corrected chi connectivity index (χ1v) is 8.98. The minimum atomic E-state index is -0.684. The number of anilines is 1. The van der Waals surface area contributed by atoms with E-state index in [1.807, 2.05) is 72.8 Å². The van der Waals surface area contributed by atoms with E-state index in [9.17, 15) is 9.59 Å². The summed E-state index contributed by atoms with van der Waals surface area (Å²) < 4.78 is 0. The standard InChI is InChI=1S/C23H22N2O2/c1-2-17-13-15-20(16-14-17)24-22(26)23(27)25-21(18-9-5-3-6-10-18)19-11-7-4-8-12-19/h3-16,21H,2H2,1H3,(H,24,26)(H,25,27). The second-order valence-electron chi connectivity index (χ2n) is 6.23. The van der Waals surface area contributed by atoms with Gasteiger partial charge in [0.1, 0.15) is 0 Å². The van der Waals surface area contributed by atoms with Gasteiger partial charge in [0.2, 0.25) is 0 Å². The number of aryl methyl sites for hydroxylation is 1. The lowest BCUT2D eigenvalue weighted by molar-refractivity contribution is -0.136. The van der Waals surface area contributed by atoms with E-state index >= 15 is 0 Å². The van der Waals surface area contributed by atoms with Gasteiger partial charge in [0.15, 0.2) is 0 Å². The Bertz CT molecular complexity index is 851. The van der Waals surface area contributed by atoms with Gasteiger partial charge in [-0.1, -0.05) is 79.7 Å². The summed E-state index contributed by atoms with van der Waals surface area (Å²) in [5.41, 5.74) is 3.60. The maximum Gasteiger partial charge on any atom is 0.313 e. The minimum absolute atomic E-state index is 0.395. The van der Waals surface area contributed by atoms with Crippen LogP contribution in [0.5, 0.6) is 0 Å².